The molecule has 1 aromatic carbocycles. The highest BCUT2D eigenvalue weighted by Crippen LogP contribution is 2.19. The van der Waals surface area contributed by atoms with Crippen molar-refractivity contribution in [3.05, 3.63) is 70.8 Å². The lowest BCUT2D eigenvalue weighted by Gasteiger charge is -2.04. The number of benzene rings is 1. The van der Waals surface area contributed by atoms with Gasteiger partial charge in [-0.3, -0.25) is 9.48 Å². The number of aromatic nitrogens is 4. The zero-order valence-corrected chi connectivity index (χ0v) is 16.6. The molecule has 0 saturated heterocycles. The minimum Gasteiger partial charge on any atom is -0.402 e. The normalized spacial score (nSPS) is 11.6. The summed E-state index contributed by atoms with van der Waals surface area (Å²) in [6, 6.07) is 9.74. The largest absolute Gasteiger partial charge is 0.402 e. The lowest BCUT2D eigenvalue weighted by atomic mass is 10.1. The number of H-pyrrole nitrogens is 1. The molecular formula is C21H27N7O. The topological polar surface area (TPSA) is 128 Å². The molecule has 0 atom stereocenters. The molecule has 0 aliphatic heterocycles. The molecule has 2 aromatic heterocycles. The van der Waals surface area contributed by atoms with Crippen LogP contribution < -0.4 is 16.8 Å². The molecule has 29 heavy (non-hydrogen) atoms. The molecule has 6 N–H and O–H groups in total. The molecular weight excluding hydrogens is 366 g/mol. The Balaban J connectivity index is 1.41. The molecule has 2 heterocycles. The number of nitrogens with two attached hydrogens (primary N) is 2. The summed E-state index contributed by atoms with van der Waals surface area (Å²) >= 11 is 0. The van der Waals surface area contributed by atoms with Crippen molar-refractivity contribution >= 4 is 17.8 Å². The zero-order chi connectivity index (χ0) is 20.6. The van der Waals surface area contributed by atoms with Crippen LogP contribution in [0.5, 0.6) is 0 Å². The predicted octanol–water partition coefficient (Wildman–Crippen LogP) is 2.60. The Morgan fingerprint density at radius 2 is 2.07 bits per heavy atom. The monoisotopic (exact) mass is 393 g/mol. The van der Waals surface area contributed by atoms with Gasteiger partial charge in [-0.25, -0.2) is 0 Å². The molecule has 152 valence electrons. The third-order valence-electron chi connectivity index (χ3n) is 4.66. The van der Waals surface area contributed by atoms with E-state index in [9.17, 15) is 4.79 Å². The van der Waals surface area contributed by atoms with E-state index in [1.54, 1.807) is 10.9 Å². The van der Waals surface area contributed by atoms with Crippen LogP contribution in [0.2, 0.25) is 0 Å². The van der Waals surface area contributed by atoms with Crippen molar-refractivity contribution in [1.29, 1.82) is 0 Å². The van der Waals surface area contributed by atoms with Gasteiger partial charge in [0, 0.05) is 30.5 Å². The minimum absolute atomic E-state index is 0.230. The Morgan fingerprint density at radius 3 is 2.79 bits per heavy atom. The number of nitrogens with zero attached hydrogens (tertiary/aromatic N) is 3. The SMILES string of the molecule is Cc1c[nH]c(N)c1/C=C(\N)CCCCn1cc(C(=O)NCc2ccccc2)nn1. The van der Waals surface area contributed by atoms with E-state index in [-0.39, 0.29) is 5.91 Å². The number of rotatable bonds is 9. The highest BCUT2D eigenvalue weighted by molar-refractivity contribution is 5.91. The summed E-state index contributed by atoms with van der Waals surface area (Å²) in [5.41, 5.74) is 16.2. The van der Waals surface area contributed by atoms with Gasteiger partial charge < -0.3 is 21.8 Å². The molecule has 0 fully saturated rings. The summed E-state index contributed by atoms with van der Waals surface area (Å²) in [4.78, 5) is 15.2. The maximum Gasteiger partial charge on any atom is 0.273 e. The van der Waals surface area contributed by atoms with E-state index in [1.165, 1.54) is 0 Å². The van der Waals surface area contributed by atoms with Crippen LogP contribution in [0.25, 0.3) is 6.08 Å². The number of aromatic amines is 1. The Kier molecular flexibility index (Phi) is 6.67. The molecule has 0 radical (unpaired) electrons. The van der Waals surface area contributed by atoms with Crippen LogP contribution in [0.4, 0.5) is 5.82 Å². The molecule has 3 rings (SSSR count). The maximum atomic E-state index is 12.2. The smallest absolute Gasteiger partial charge is 0.273 e. The van der Waals surface area contributed by atoms with Crippen LogP contribution in [-0.2, 0) is 13.1 Å². The number of hydrogen-bond acceptors (Lipinski definition) is 5. The molecule has 8 nitrogen and oxygen atoms in total. The summed E-state index contributed by atoms with van der Waals surface area (Å²) in [5.74, 6) is 0.401. The van der Waals surface area contributed by atoms with Gasteiger partial charge in [-0.05, 0) is 43.4 Å². The quantitative estimate of drug-likeness (QED) is 0.416. The van der Waals surface area contributed by atoms with Crippen molar-refractivity contribution < 1.29 is 4.79 Å². The number of aryl methyl sites for hydroxylation is 2. The van der Waals surface area contributed by atoms with Crippen molar-refractivity contribution in [3.63, 3.8) is 0 Å². The van der Waals surface area contributed by atoms with Crippen molar-refractivity contribution in [3.8, 4) is 0 Å². The molecule has 3 aromatic rings. The number of nitrogens with one attached hydrogen (secondary N) is 2. The van der Waals surface area contributed by atoms with Gasteiger partial charge in [-0.15, -0.1) is 5.10 Å². The Morgan fingerprint density at radius 1 is 1.28 bits per heavy atom. The molecule has 0 bridgehead atoms. The maximum absolute atomic E-state index is 12.2. The van der Waals surface area contributed by atoms with Crippen LogP contribution >= 0.6 is 0 Å². The van der Waals surface area contributed by atoms with Gasteiger partial charge in [0.15, 0.2) is 5.69 Å². The van der Waals surface area contributed by atoms with Gasteiger partial charge in [0.1, 0.15) is 5.82 Å². The van der Waals surface area contributed by atoms with E-state index >= 15 is 0 Å². The van der Waals surface area contributed by atoms with Gasteiger partial charge in [0.2, 0.25) is 0 Å². The molecule has 0 aliphatic rings. The molecule has 1 amide bonds. The fourth-order valence-electron chi connectivity index (χ4n) is 2.99. The second-order valence-electron chi connectivity index (χ2n) is 7.01. The summed E-state index contributed by atoms with van der Waals surface area (Å²) in [6.07, 6.45) is 8.01. The lowest BCUT2D eigenvalue weighted by molar-refractivity contribution is 0.0946. The number of amides is 1. The molecule has 0 saturated carbocycles. The fourth-order valence-corrected chi connectivity index (χ4v) is 2.99. The summed E-state index contributed by atoms with van der Waals surface area (Å²) in [5, 5.41) is 10.8. The van der Waals surface area contributed by atoms with Crippen molar-refractivity contribution in [2.45, 2.75) is 39.3 Å². The van der Waals surface area contributed by atoms with E-state index in [1.807, 2.05) is 49.5 Å². The fraction of sp³-hybridized carbons (Fsp3) is 0.286. The third kappa shape index (κ3) is 5.71. The lowest BCUT2D eigenvalue weighted by Crippen LogP contribution is -2.23. The standard InChI is InChI=1S/C21H27N7O/c1-15-12-24-20(23)18(15)11-17(22)9-5-6-10-28-14-19(26-27-28)21(29)25-13-16-7-3-2-4-8-16/h2-4,7-8,11-12,14,24H,5-6,9-10,13,22-23H2,1H3,(H,25,29)/b17-11-. The van der Waals surface area contributed by atoms with E-state index in [4.69, 9.17) is 11.5 Å². The number of nitrogen functional groups attached to an aromatic ring is 1. The molecule has 8 heteroatoms. The molecule has 0 spiro atoms. The molecule has 0 unspecified atom stereocenters. The van der Waals surface area contributed by atoms with Crippen LogP contribution in [-0.4, -0.2) is 25.9 Å². The van der Waals surface area contributed by atoms with Gasteiger partial charge in [0.25, 0.3) is 5.91 Å². The third-order valence-corrected chi connectivity index (χ3v) is 4.66. The van der Waals surface area contributed by atoms with Gasteiger partial charge in [0.05, 0.1) is 6.20 Å². The first-order valence-electron chi connectivity index (χ1n) is 9.64. The first-order valence-corrected chi connectivity index (χ1v) is 9.64. The first kappa shape index (κ1) is 20.2. The number of carbonyl (C=O) groups is 1. The number of anilines is 1. The van der Waals surface area contributed by atoms with Gasteiger partial charge in [-0.1, -0.05) is 35.5 Å². The number of unbranched alkanes of at least 4 members (excludes halogenated alkanes) is 1. The van der Waals surface area contributed by atoms with Gasteiger partial charge in [-0.2, -0.15) is 0 Å². The first-order chi connectivity index (χ1) is 14.0. The zero-order valence-electron chi connectivity index (χ0n) is 16.6. The van der Waals surface area contributed by atoms with Crippen LogP contribution in [0.1, 0.15) is 46.4 Å². The van der Waals surface area contributed by atoms with Crippen LogP contribution in [0.15, 0.2) is 48.4 Å². The van der Waals surface area contributed by atoms with E-state index < -0.39 is 0 Å². The average molecular weight is 393 g/mol. The van der Waals surface area contributed by atoms with Crippen molar-refractivity contribution in [2.75, 3.05) is 5.73 Å². The van der Waals surface area contributed by atoms with E-state index in [0.717, 1.165) is 41.6 Å². The van der Waals surface area contributed by atoms with Crippen molar-refractivity contribution in [1.82, 2.24) is 25.3 Å². The minimum atomic E-state index is -0.230. The van der Waals surface area contributed by atoms with E-state index in [2.05, 4.69) is 20.6 Å². The van der Waals surface area contributed by atoms with Crippen LogP contribution in [0, 0.1) is 6.92 Å². The second-order valence-corrected chi connectivity index (χ2v) is 7.01. The van der Waals surface area contributed by atoms with E-state index in [0.29, 0.717) is 24.6 Å². The summed E-state index contributed by atoms with van der Waals surface area (Å²) in [7, 11) is 0. The number of allylic oxidation sites excluding steroid dienone is 1. The van der Waals surface area contributed by atoms with Crippen molar-refractivity contribution in [2.24, 2.45) is 5.73 Å². The average Bonchev–Trinajstić information content (AvgIpc) is 3.32. The summed E-state index contributed by atoms with van der Waals surface area (Å²) in [6.45, 7) is 3.13. The molecule has 0 aliphatic carbocycles. The second kappa shape index (κ2) is 9.59. The highest BCUT2D eigenvalue weighted by Gasteiger charge is 2.10. The van der Waals surface area contributed by atoms with Crippen LogP contribution in [0.3, 0.4) is 0 Å². The Bertz CT molecular complexity index is 953. The highest BCUT2D eigenvalue weighted by atomic mass is 16.2. The Hall–Kier alpha value is -3.55. The summed E-state index contributed by atoms with van der Waals surface area (Å²) < 4.78 is 1.69. The number of carbonyl (C=O) groups excluding carboxylic acids is 1. The Labute approximate surface area is 170 Å². The number of hydrogen-bond donors (Lipinski definition) is 4. The predicted molar refractivity (Wildman–Crippen MR) is 114 cm³/mol. The van der Waals surface area contributed by atoms with Gasteiger partial charge >= 0.3 is 0 Å².